The van der Waals surface area contributed by atoms with Crippen molar-refractivity contribution in [2.45, 2.75) is 32.2 Å². The average Bonchev–Trinajstić information content (AvgIpc) is 3.18. The summed E-state index contributed by atoms with van der Waals surface area (Å²) < 4.78 is 10.7. The second-order valence-electron chi connectivity index (χ2n) is 8.81. The first-order chi connectivity index (χ1) is 17.4. The lowest BCUT2D eigenvalue weighted by molar-refractivity contribution is -0.137. The van der Waals surface area contributed by atoms with Crippen molar-refractivity contribution in [2.24, 2.45) is 0 Å². The highest BCUT2D eigenvalue weighted by Crippen LogP contribution is 2.29. The molecule has 0 bridgehead atoms. The molecule has 1 unspecified atom stereocenters. The van der Waals surface area contributed by atoms with Crippen LogP contribution in [-0.2, 0) is 27.2 Å². The molecule has 0 radical (unpaired) electrons. The Balaban J connectivity index is 1.59. The molecule has 1 heterocycles. The Morgan fingerprint density at radius 1 is 0.917 bits per heavy atom. The Morgan fingerprint density at radius 3 is 2.28 bits per heavy atom. The molecule has 0 N–H and O–H groups in total. The minimum absolute atomic E-state index is 0.0425. The minimum atomic E-state index is -0.852. The topological polar surface area (TPSA) is 76.2 Å². The zero-order chi connectivity index (χ0) is 25.7. The van der Waals surface area contributed by atoms with Gasteiger partial charge in [0.15, 0.2) is 11.5 Å². The number of carbonyl (C=O) groups excluding carboxylic acids is 3. The monoisotopic (exact) mass is 486 g/mol. The van der Waals surface area contributed by atoms with Crippen LogP contribution in [0.25, 0.3) is 0 Å². The van der Waals surface area contributed by atoms with E-state index in [2.05, 4.69) is 0 Å². The number of hydrogen-bond acceptors (Lipinski definition) is 5. The van der Waals surface area contributed by atoms with E-state index in [4.69, 9.17) is 9.47 Å². The van der Waals surface area contributed by atoms with Crippen LogP contribution in [0.1, 0.15) is 23.1 Å². The number of carbonyl (C=O) groups is 3. The molecule has 186 valence electrons. The molecule has 1 atom stereocenters. The van der Waals surface area contributed by atoms with Gasteiger partial charge in [-0.05, 0) is 48.7 Å². The Bertz CT molecular complexity index is 1240. The summed E-state index contributed by atoms with van der Waals surface area (Å²) in [5.41, 5.74) is 3.33. The number of ether oxygens (including phenoxy) is 2. The number of amides is 3. The first-order valence-electron chi connectivity index (χ1n) is 11.9. The number of imide groups is 1. The van der Waals surface area contributed by atoms with E-state index >= 15 is 0 Å². The zero-order valence-corrected chi connectivity index (χ0v) is 20.8. The van der Waals surface area contributed by atoms with Crippen molar-refractivity contribution in [3.63, 3.8) is 0 Å². The molecule has 3 aromatic rings. The van der Waals surface area contributed by atoms with Crippen molar-refractivity contribution in [1.29, 1.82) is 0 Å². The Morgan fingerprint density at radius 2 is 1.61 bits per heavy atom. The van der Waals surface area contributed by atoms with Gasteiger partial charge in [-0.2, -0.15) is 0 Å². The molecule has 0 aliphatic carbocycles. The van der Waals surface area contributed by atoms with E-state index in [1.807, 2.05) is 67.6 Å². The smallest absolute Gasteiger partial charge is 0.257 e. The predicted molar refractivity (Wildman–Crippen MR) is 137 cm³/mol. The van der Waals surface area contributed by atoms with Crippen LogP contribution in [0.15, 0.2) is 72.8 Å². The van der Waals surface area contributed by atoms with Crippen molar-refractivity contribution in [2.75, 3.05) is 25.7 Å². The Kier molecular flexibility index (Phi) is 7.68. The molecule has 0 spiro atoms. The molecule has 4 rings (SSSR count). The van der Waals surface area contributed by atoms with Gasteiger partial charge in [-0.25, -0.2) is 4.90 Å². The minimum Gasteiger partial charge on any atom is -0.493 e. The van der Waals surface area contributed by atoms with Crippen LogP contribution in [0.4, 0.5) is 5.69 Å². The molecule has 1 aliphatic heterocycles. The molecule has 1 aliphatic rings. The molecular weight excluding hydrogens is 456 g/mol. The largest absolute Gasteiger partial charge is 0.493 e. The van der Waals surface area contributed by atoms with E-state index < -0.39 is 6.04 Å². The van der Waals surface area contributed by atoms with Gasteiger partial charge >= 0.3 is 0 Å². The standard InChI is InChI=1S/C29H30N2O5/c1-20-9-12-23(13-10-20)31-28(33)19-24(29(31)34)30(27(32)18-21-7-5-4-6-8-21)16-15-22-11-14-25(35-2)26(17-22)36-3/h4-14,17,24H,15-16,18-19H2,1-3H3. The van der Waals surface area contributed by atoms with Crippen molar-refractivity contribution >= 4 is 23.4 Å². The van der Waals surface area contributed by atoms with E-state index in [-0.39, 0.29) is 37.1 Å². The maximum Gasteiger partial charge on any atom is 0.257 e. The van der Waals surface area contributed by atoms with Crippen LogP contribution in [0.2, 0.25) is 0 Å². The van der Waals surface area contributed by atoms with Crippen LogP contribution in [0.3, 0.4) is 0 Å². The molecule has 0 aromatic heterocycles. The van der Waals surface area contributed by atoms with Crippen LogP contribution < -0.4 is 14.4 Å². The number of anilines is 1. The second-order valence-corrected chi connectivity index (χ2v) is 8.81. The van der Waals surface area contributed by atoms with Crippen LogP contribution in [0.5, 0.6) is 11.5 Å². The summed E-state index contributed by atoms with van der Waals surface area (Å²) in [4.78, 5) is 42.6. The van der Waals surface area contributed by atoms with Gasteiger partial charge in [-0.3, -0.25) is 14.4 Å². The fraction of sp³-hybridized carbons (Fsp3) is 0.276. The molecule has 1 fully saturated rings. The Labute approximate surface area is 211 Å². The average molecular weight is 487 g/mol. The SMILES string of the molecule is COc1ccc(CCN(C(=O)Cc2ccccc2)C2CC(=O)N(c3ccc(C)cc3)C2=O)cc1OC. The second kappa shape index (κ2) is 11.1. The maximum absolute atomic E-state index is 13.5. The number of benzene rings is 3. The first kappa shape index (κ1) is 25.0. The Hall–Kier alpha value is -4.13. The number of aryl methyl sites for hydroxylation is 1. The summed E-state index contributed by atoms with van der Waals surface area (Å²) in [7, 11) is 3.14. The van der Waals surface area contributed by atoms with Gasteiger partial charge in [0.1, 0.15) is 6.04 Å². The number of hydrogen-bond donors (Lipinski definition) is 0. The summed E-state index contributed by atoms with van der Waals surface area (Å²) in [6, 6.07) is 21.4. The maximum atomic E-state index is 13.5. The number of rotatable bonds is 9. The highest BCUT2D eigenvalue weighted by atomic mass is 16.5. The molecule has 3 aromatic carbocycles. The lowest BCUT2D eigenvalue weighted by atomic mass is 10.1. The van der Waals surface area contributed by atoms with Crippen LogP contribution in [-0.4, -0.2) is 49.4 Å². The predicted octanol–water partition coefficient (Wildman–Crippen LogP) is 3.96. The molecular formula is C29H30N2O5. The fourth-order valence-electron chi connectivity index (χ4n) is 4.44. The van der Waals surface area contributed by atoms with E-state index in [0.29, 0.717) is 23.6 Å². The van der Waals surface area contributed by atoms with Gasteiger partial charge in [0.05, 0.1) is 32.7 Å². The molecule has 0 saturated carbocycles. The summed E-state index contributed by atoms with van der Waals surface area (Å²) in [5, 5.41) is 0. The normalized spacial score (nSPS) is 15.2. The van der Waals surface area contributed by atoms with Gasteiger partial charge in [0, 0.05) is 6.54 Å². The molecule has 7 nitrogen and oxygen atoms in total. The molecule has 7 heteroatoms. The van der Waals surface area contributed by atoms with E-state index in [0.717, 1.165) is 16.7 Å². The van der Waals surface area contributed by atoms with E-state index in [1.165, 1.54) is 4.90 Å². The van der Waals surface area contributed by atoms with E-state index in [9.17, 15) is 14.4 Å². The summed E-state index contributed by atoms with van der Waals surface area (Å²) in [5.74, 6) is 0.326. The third-order valence-corrected chi connectivity index (χ3v) is 6.40. The van der Waals surface area contributed by atoms with Crippen molar-refractivity contribution < 1.29 is 23.9 Å². The summed E-state index contributed by atoms with van der Waals surface area (Å²) >= 11 is 0. The number of methoxy groups -OCH3 is 2. The van der Waals surface area contributed by atoms with Gasteiger partial charge in [-0.1, -0.05) is 54.1 Å². The van der Waals surface area contributed by atoms with Gasteiger partial charge in [-0.15, -0.1) is 0 Å². The molecule has 1 saturated heterocycles. The highest BCUT2D eigenvalue weighted by Gasteiger charge is 2.44. The van der Waals surface area contributed by atoms with Gasteiger partial charge in [0.2, 0.25) is 11.8 Å². The zero-order valence-electron chi connectivity index (χ0n) is 20.8. The fourth-order valence-corrected chi connectivity index (χ4v) is 4.44. The van der Waals surface area contributed by atoms with Crippen LogP contribution in [0, 0.1) is 6.92 Å². The third-order valence-electron chi connectivity index (χ3n) is 6.40. The lowest BCUT2D eigenvalue weighted by Crippen LogP contribution is -2.47. The van der Waals surface area contributed by atoms with Crippen molar-refractivity contribution in [1.82, 2.24) is 4.90 Å². The van der Waals surface area contributed by atoms with Crippen molar-refractivity contribution in [3.8, 4) is 11.5 Å². The summed E-state index contributed by atoms with van der Waals surface area (Å²) in [6.45, 7) is 2.23. The third kappa shape index (κ3) is 5.40. The number of nitrogens with zero attached hydrogens (tertiary/aromatic N) is 2. The lowest BCUT2D eigenvalue weighted by Gasteiger charge is -2.28. The van der Waals surface area contributed by atoms with E-state index in [1.54, 1.807) is 31.3 Å². The first-order valence-corrected chi connectivity index (χ1v) is 11.9. The van der Waals surface area contributed by atoms with Gasteiger partial charge in [0.25, 0.3) is 5.91 Å². The quantitative estimate of drug-likeness (QED) is 0.428. The molecule has 3 amide bonds. The van der Waals surface area contributed by atoms with Crippen LogP contribution >= 0.6 is 0 Å². The molecule has 36 heavy (non-hydrogen) atoms. The van der Waals surface area contributed by atoms with Gasteiger partial charge < -0.3 is 14.4 Å². The summed E-state index contributed by atoms with van der Waals surface area (Å²) in [6.07, 6.45) is 0.595. The highest BCUT2D eigenvalue weighted by molar-refractivity contribution is 6.23. The van der Waals surface area contributed by atoms with Crippen molar-refractivity contribution in [3.05, 3.63) is 89.5 Å².